The number of aromatic nitrogens is 4. The van der Waals surface area contributed by atoms with E-state index < -0.39 is 0 Å². The van der Waals surface area contributed by atoms with Crippen LogP contribution < -0.4 is 0 Å². The fraction of sp³-hybridized carbons (Fsp3) is 0. The second kappa shape index (κ2) is 17.1. The van der Waals surface area contributed by atoms with Crippen LogP contribution in [0.1, 0.15) is 0 Å². The van der Waals surface area contributed by atoms with Gasteiger partial charge in [0.2, 0.25) is 0 Å². The summed E-state index contributed by atoms with van der Waals surface area (Å²) in [4.78, 5) is 21.4. The Morgan fingerprint density at radius 1 is 0.212 bits per heavy atom. The summed E-state index contributed by atoms with van der Waals surface area (Å²) in [6.45, 7) is 0. The maximum absolute atomic E-state index is 5.37. The first kappa shape index (κ1) is 44.7. The van der Waals surface area contributed by atoms with E-state index in [4.69, 9.17) is 19.9 Å². The smallest absolute Gasteiger partial charge is 0.0972 e. The molecule has 0 fully saturated rings. The van der Waals surface area contributed by atoms with Crippen molar-refractivity contribution in [2.24, 2.45) is 0 Å². The molecule has 18 rings (SSSR count). The highest BCUT2D eigenvalue weighted by atomic mass is 32.1. The Balaban J connectivity index is 0.674. The molecule has 10 aromatic carbocycles. The Bertz CT molecular complexity index is 5710. The SMILES string of the molecule is c1ccc2c(c1)sc1cc(-c3ccc4ccc5ccc(-c6ccc7c(c6)sc6c(-c8ccc9c(c8)sc8ccc(-c%10ccc%11ccc%12ccc(-c%13ccc%14sc%15ccccc%15c%14c%13)nc%12c%11n%10)cc89)cccc67)nc5c4n3)ccc12. The third kappa shape index (κ3) is 6.90. The molecule has 8 aromatic heterocycles. The number of hydrogen-bond donors (Lipinski definition) is 0. The van der Waals surface area contributed by atoms with Gasteiger partial charge in [0.15, 0.2) is 0 Å². The number of rotatable bonds is 5. The molecule has 0 saturated heterocycles. The van der Waals surface area contributed by atoms with Crippen molar-refractivity contribution in [2.75, 3.05) is 0 Å². The Hall–Kier alpha value is -9.28. The molecule has 370 valence electrons. The van der Waals surface area contributed by atoms with Crippen molar-refractivity contribution in [3.05, 3.63) is 231 Å². The minimum Gasteiger partial charge on any atom is -0.245 e. The predicted octanol–water partition coefficient (Wildman–Crippen LogP) is 21.7. The zero-order chi connectivity index (χ0) is 52.2. The summed E-state index contributed by atoms with van der Waals surface area (Å²) in [5, 5.41) is 14.5. The number of pyridine rings is 4. The summed E-state index contributed by atoms with van der Waals surface area (Å²) < 4.78 is 10.2. The van der Waals surface area contributed by atoms with Crippen molar-refractivity contribution >= 4 is 170 Å². The van der Waals surface area contributed by atoms with Crippen LogP contribution in [-0.4, -0.2) is 19.9 Å². The average Bonchev–Trinajstić information content (AvgIpc) is 4.39. The van der Waals surface area contributed by atoms with Gasteiger partial charge in [-0.05, 0) is 90.0 Å². The fourth-order valence-electron chi connectivity index (χ4n) is 12.2. The maximum Gasteiger partial charge on any atom is 0.0972 e. The number of nitrogens with zero attached hydrogens (tertiary/aromatic N) is 4. The Morgan fingerprint density at radius 2 is 0.550 bits per heavy atom. The summed E-state index contributed by atoms with van der Waals surface area (Å²) >= 11 is 7.39. The van der Waals surface area contributed by atoms with E-state index in [-0.39, 0.29) is 0 Å². The molecule has 0 N–H and O–H groups in total. The van der Waals surface area contributed by atoms with Crippen LogP contribution in [0.3, 0.4) is 0 Å². The molecule has 0 aliphatic carbocycles. The molecule has 80 heavy (non-hydrogen) atoms. The van der Waals surface area contributed by atoms with Crippen LogP contribution in [0.25, 0.3) is 180 Å². The van der Waals surface area contributed by atoms with Gasteiger partial charge >= 0.3 is 0 Å². The number of fused-ring (bicyclic) bond motifs is 18. The first-order valence-electron chi connectivity index (χ1n) is 26.7. The first-order chi connectivity index (χ1) is 39.5. The highest BCUT2D eigenvalue weighted by molar-refractivity contribution is 7.27. The highest BCUT2D eigenvalue weighted by Gasteiger charge is 2.18. The van der Waals surface area contributed by atoms with Crippen molar-refractivity contribution in [1.29, 1.82) is 0 Å². The van der Waals surface area contributed by atoms with Crippen molar-refractivity contribution in [1.82, 2.24) is 19.9 Å². The van der Waals surface area contributed by atoms with Crippen LogP contribution >= 0.6 is 45.3 Å². The molecule has 0 saturated carbocycles. The Kier molecular flexibility index (Phi) is 9.55. The topological polar surface area (TPSA) is 51.6 Å². The standard InChI is InChI=1S/C72H38N4S4/c1-3-10-61-49(6-1)51-26-17-46(37-66(51)78-61)59-30-21-41-14-15-42-22-31-60(76-71(42)70(41)75-59)47-18-27-52-54-9-5-8-48(72(54)80-67(52)38-47)43-16-25-53-56-35-45(24-33-64(56)79-65(53)36-43)58-29-20-40-13-12-39-19-28-57(73-68(39)69(40)74-58)44-23-32-63-55(34-44)50-7-2-4-11-62(50)77-63/h1-38H. The molecule has 0 unspecified atom stereocenters. The summed E-state index contributed by atoms with van der Waals surface area (Å²) in [5.41, 5.74) is 14.3. The minimum atomic E-state index is 0.916. The molecule has 0 aliphatic heterocycles. The number of thiophene rings is 4. The Morgan fingerprint density at radius 3 is 1.06 bits per heavy atom. The zero-order valence-electron chi connectivity index (χ0n) is 42.4. The van der Waals surface area contributed by atoms with E-state index in [9.17, 15) is 0 Å². The minimum absolute atomic E-state index is 0.916. The Labute approximate surface area is 472 Å². The number of hydrogen-bond acceptors (Lipinski definition) is 8. The quantitative estimate of drug-likeness (QED) is 0.161. The summed E-state index contributed by atoms with van der Waals surface area (Å²) in [6.07, 6.45) is 0. The molecule has 8 heterocycles. The molecule has 0 bridgehead atoms. The van der Waals surface area contributed by atoms with Crippen molar-refractivity contribution in [2.45, 2.75) is 0 Å². The van der Waals surface area contributed by atoms with Gasteiger partial charge in [-0.15, -0.1) is 45.3 Å². The van der Waals surface area contributed by atoms with Crippen LogP contribution in [0.15, 0.2) is 231 Å². The molecule has 0 radical (unpaired) electrons. The van der Waals surface area contributed by atoms with Crippen LogP contribution in [0, 0.1) is 0 Å². The van der Waals surface area contributed by atoms with Gasteiger partial charge in [0.25, 0.3) is 0 Å². The van der Waals surface area contributed by atoms with Crippen LogP contribution in [0.5, 0.6) is 0 Å². The molecule has 0 amide bonds. The van der Waals surface area contributed by atoms with E-state index in [1.54, 1.807) is 0 Å². The second-order valence-corrected chi connectivity index (χ2v) is 25.1. The van der Waals surface area contributed by atoms with Crippen molar-refractivity contribution in [3.63, 3.8) is 0 Å². The predicted molar refractivity (Wildman–Crippen MR) is 346 cm³/mol. The number of benzene rings is 10. The third-order valence-electron chi connectivity index (χ3n) is 16.3. The second-order valence-electron chi connectivity index (χ2n) is 20.8. The average molecular weight is 1090 g/mol. The van der Waals surface area contributed by atoms with Gasteiger partial charge in [0.05, 0.1) is 44.8 Å². The fourth-order valence-corrected chi connectivity index (χ4v) is 16.9. The van der Waals surface area contributed by atoms with Gasteiger partial charge < -0.3 is 0 Å². The summed E-state index contributed by atoms with van der Waals surface area (Å²) in [6, 6.07) is 84.2. The first-order valence-corrected chi connectivity index (χ1v) is 30.0. The van der Waals surface area contributed by atoms with Crippen LogP contribution in [0.4, 0.5) is 0 Å². The van der Waals surface area contributed by atoms with Crippen LogP contribution in [-0.2, 0) is 0 Å². The molecule has 0 spiro atoms. The monoisotopic (exact) mass is 1090 g/mol. The van der Waals surface area contributed by atoms with Gasteiger partial charge in [0.1, 0.15) is 0 Å². The molecule has 0 aliphatic rings. The van der Waals surface area contributed by atoms with E-state index in [1.165, 1.54) is 91.8 Å². The van der Waals surface area contributed by atoms with E-state index in [0.29, 0.717) is 0 Å². The van der Waals surface area contributed by atoms with Gasteiger partial charge in [-0.1, -0.05) is 152 Å². The van der Waals surface area contributed by atoms with E-state index in [1.807, 2.05) is 45.3 Å². The van der Waals surface area contributed by atoms with E-state index in [2.05, 4.69) is 231 Å². The van der Waals surface area contributed by atoms with Gasteiger partial charge in [-0.2, -0.15) is 0 Å². The molecular weight excluding hydrogens is 1050 g/mol. The molecule has 0 atom stereocenters. The highest BCUT2D eigenvalue weighted by Crippen LogP contribution is 2.45. The maximum atomic E-state index is 5.37. The molecular formula is C72H38N4S4. The third-order valence-corrected chi connectivity index (χ3v) is 20.9. The normalized spacial score (nSPS) is 12.2. The lowest BCUT2D eigenvalue weighted by molar-refractivity contribution is 1.37. The largest absolute Gasteiger partial charge is 0.245 e. The summed E-state index contributed by atoms with van der Waals surface area (Å²) in [7, 11) is 0. The van der Waals surface area contributed by atoms with Gasteiger partial charge in [0, 0.05) is 124 Å². The lowest BCUT2D eigenvalue weighted by Gasteiger charge is -2.09. The van der Waals surface area contributed by atoms with Crippen molar-refractivity contribution in [3.8, 4) is 56.2 Å². The van der Waals surface area contributed by atoms with Gasteiger partial charge in [-0.3, -0.25) is 0 Å². The van der Waals surface area contributed by atoms with Gasteiger partial charge in [-0.25, -0.2) is 19.9 Å². The van der Waals surface area contributed by atoms with Crippen LogP contribution in [0.2, 0.25) is 0 Å². The summed E-state index contributed by atoms with van der Waals surface area (Å²) in [5.74, 6) is 0. The lowest BCUT2D eigenvalue weighted by atomic mass is 10.00. The molecule has 4 nitrogen and oxygen atoms in total. The molecule has 18 aromatic rings. The van der Waals surface area contributed by atoms with E-state index >= 15 is 0 Å². The zero-order valence-corrected chi connectivity index (χ0v) is 45.6. The van der Waals surface area contributed by atoms with Crippen molar-refractivity contribution < 1.29 is 0 Å². The lowest BCUT2D eigenvalue weighted by Crippen LogP contribution is -1.91. The molecule has 8 heteroatoms. The van der Waals surface area contributed by atoms with E-state index in [0.717, 1.165) is 88.6 Å².